The van der Waals surface area contributed by atoms with Crippen molar-refractivity contribution in [3.05, 3.63) is 66.5 Å². The van der Waals surface area contributed by atoms with Crippen molar-refractivity contribution in [3.63, 3.8) is 0 Å². The van der Waals surface area contributed by atoms with Crippen LogP contribution in [0.15, 0.2) is 60.9 Å². The minimum absolute atomic E-state index is 0.811. The molecule has 3 aromatic heterocycles. The molecule has 5 heteroatoms. The fourth-order valence-corrected chi connectivity index (χ4v) is 6.56. The van der Waals surface area contributed by atoms with E-state index in [-0.39, 0.29) is 0 Å². The van der Waals surface area contributed by atoms with Crippen LogP contribution in [0.5, 0.6) is 0 Å². The van der Waals surface area contributed by atoms with Gasteiger partial charge in [0.05, 0.1) is 11.2 Å². The molecule has 7 rings (SSSR count). The van der Waals surface area contributed by atoms with Gasteiger partial charge in [0.15, 0.2) is 0 Å². The Bertz CT molecular complexity index is 1530. The van der Waals surface area contributed by atoms with Gasteiger partial charge in [-0.05, 0) is 79.1 Å². The predicted molar refractivity (Wildman–Crippen MR) is 153 cm³/mol. The zero-order chi connectivity index (χ0) is 24.6. The number of hydrogen-bond acceptors (Lipinski definition) is 3. The third-order valence-corrected chi connectivity index (χ3v) is 8.53. The lowest BCUT2D eigenvalue weighted by molar-refractivity contribution is 0.356. The van der Waals surface area contributed by atoms with Crippen molar-refractivity contribution in [2.45, 2.75) is 57.8 Å². The highest BCUT2D eigenvalue weighted by atomic mass is 15.1. The molecule has 37 heavy (non-hydrogen) atoms. The minimum Gasteiger partial charge on any atom is -0.371 e. The van der Waals surface area contributed by atoms with Gasteiger partial charge in [0.25, 0.3) is 0 Å². The smallest absolute Gasteiger partial charge is 0.116 e. The maximum Gasteiger partial charge on any atom is 0.116 e. The van der Waals surface area contributed by atoms with E-state index in [0.29, 0.717) is 0 Å². The van der Waals surface area contributed by atoms with Crippen LogP contribution in [0.4, 0.5) is 5.69 Å². The van der Waals surface area contributed by atoms with Gasteiger partial charge in [0.2, 0.25) is 0 Å². The number of nitrogens with zero attached hydrogens (tertiary/aromatic N) is 3. The summed E-state index contributed by atoms with van der Waals surface area (Å²) >= 11 is 0. The molecule has 2 aromatic carbocycles. The Balaban J connectivity index is 1.23. The molecule has 1 aliphatic heterocycles. The summed E-state index contributed by atoms with van der Waals surface area (Å²) in [5.74, 6) is 0.811. The van der Waals surface area contributed by atoms with Gasteiger partial charge in [0, 0.05) is 53.0 Å². The van der Waals surface area contributed by atoms with Gasteiger partial charge in [-0.15, -0.1) is 0 Å². The summed E-state index contributed by atoms with van der Waals surface area (Å²) in [6.07, 6.45) is 16.0. The standard InChI is InChI=1S/C32H35N5/c1-3-8-22(9-4-1)16-23-17-25(21-33-20-23)24-12-13-29-27(18-24)32(36-35-29)30-19-26-28(34-30)10-7-11-31(26)37-14-5-2-6-15-37/h7,10-13,17-22,34H,1-6,8-9,14-16H2,(H,35,36). The van der Waals surface area contributed by atoms with E-state index in [9.17, 15) is 0 Å². The maximum atomic E-state index is 4.75. The highest BCUT2D eigenvalue weighted by Crippen LogP contribution is 2.36. The molecule has 0 radical (unpaired) electrons. The topological polar surface area (TPSA) is 60.6 Å². The van der Waals surface area contributed by atoms with E-state index >= 15 is 0 Å². The van der Waals surface area contributed by atoms with Crippen LogP contribution in [0.2, 0.25) is 0 Å². The van der Waals surface area contributed by atoms with Crippen molar-refractivity contribution < 1.29 is 0 Å². The molecule has 1 saturated carbocycles. The molecule has 4 heterocycles. The van der Waals surface area contributed by atoms with E-state index in [4.69, 9.17) is 5.10 Å². The third-order valence-electron chi connectivity index (χ3n) is 8.53. The lowest BCUT2D eigenvalue weighted by Gasteiger charge is -2.29. The molecule has 0 atom stereocenters. The van der Waals surface area contributed by atoms with Gasteiger partial charge in [-0.2, -0.15) is 5.10 Å². The van der Waals surface area contributed by atoms with E-state index in [2.05, 4.69) is 74.7 Å². The molecule has 0 spiro atoms. The van der Waals surface area contributed by atoms with Crippen LogP contribution < -0.4 is 4.90 Å². The summed E-state index contributed by atoms with van der Waals surface area (Å²) in [6, 6.07) is 17.8. The summed E-state index contributed by atoms with van der Waals surface area (Å²) in [7, 11) is 0. The highest BCUT2D eigenvalue weighted by Gasteiger charge is 2.18. The molecule has 0 unspecified atom stereocenters. The van der Waals surface area contributed by atoms with Crippen LogP contribution >= 0.6 is 0 Å². The number of hydrogen-bond donors (Lipinski definition) is 2. The Morgan fingerprint density at radius 3 is 2.54 bits per heavy atom. The molecular weight excluding hydrogens is 454 g/mol. The lowest BCUT2D eigenvalue weighted by atomic mass is 9.85. The van der Waals surface area contributed by atoms with Crippen LogP contribution in [-0.4, -0.2) is 33.3 Å². The van der Waals surface area contributed by atoms with Gasteiger partial charge < -0.3 is 9.88 Å². The Kier molecular flexibility index (Phi) is 5.92. The number of pyridine rings is 1. The number of nitrogens with one attached hydrogen (secondary N) is 2. The van der Waals surface area contributed by atoms with Gasteiger partial charge in [-0.3, -0.25) is 10.1 Å². The van der Waals surface area contributed by atoms with Crippen molar-refractivity contribution in [1.82, 2.24) is 20.2 Å². The Morgan fingerprint density at radius 2 is 1.65 bits per heavy atom. The largest absolute Gasteiger partial charge is 0.371 e. The van der Waals surface area contributed by atoms with Crippen LogP contribution in [0.3, 0.4) is 0 Å². The first-order valence-electron chi connectivity index (χ1n) is 14.1. The first kappa shape index (κ1) is 22.6. The van der Waals surface area contributed by atoms with Gasteiger partial charge in [-0.25, -0.2) is 0 Å². The van der Waals surface area contributed by atoms with Crippen LogP contribution in [0.1, 0.15) is 56.9 Å². The molecular formula is C32H35N5. The zero-order valence-corrected chi connectivity index (χ0v) is 21.5. The van der Waals surface area contributed by atoms with Crippen molar-refractivity contribution in [2.75, 3.05) is 18.0 Å². The minimum atomic E-state index is 0.811. The second-order valence-corrected chi connectivity index (χ2v) is 11.1. The number of aromatic amines is 2. The van der Waals surface area contributed by atoms with Crippen LogP contribution in [-0.2, 0) is 6.42 Å². The van der Waals surface area contributed by atoms with E-state index < -0.39 is 0 Å². The Morgan fingerprint density at radius 1 is 0.784 bits per heavy atom. The second-order valence-electron chi connectivity index (χ2n) is 11.1. The summed E-state index contributed by atoms with van der Waals surface area (Å²) in [4.78, 5) is 10.8. The number of piperidine rings is 1. The SMILES string of the molecule is c1cc(N2CCCCC2)c2cc(-c3n[nH]c4ccc(-c5cncc(CC6CCCCC6)c5)cc34)[nH]c2c1. The first-order valence-corrected chi connectivity index (χ1v) is 14.1. The lowest BCUT2D eigenvalue weighted by Crippen LogP contribution is -2.29. The molecule has 1 aliphatic carbocycles. The zero-order valence-electron chi connectivity index (χ0n) is 21.5. The van der Waals surface area contributed by atoms with E-state index in [1.165, 1.54) is 84.6 Å². The normalized spacial score (nSPS) is 17.1. The molecule has 2 fully saturated rings. The van der Waals surface area contributed by atoms with Crippen molar-refractivity contribution >= 4 is 27.5 Å². The molecule has 2 N–H and O–H groups in total. The van der Waals surface area contributed by atoms with Crippen molar-refractivity contribution in [2.24, 2.45) is 5.92 Å². The Hall–Kier alpha value is -3.60. The van der Waals surface area contributed by atoms with Gasteiger partial charge in [-0.1, -0.05) is 44.2 Å². The molecule has 0 amide bonds. The monoisotopic (exact) mass is 489 g/mol. The quantitative estimate of drug-likeness (QED) is 0.264. The summed E-state index contributed by atoms with van der Waals surface area (Å²) in [5.41, 5.74) is 9.34. The van der Waals surface area contributed by atoms with E-state index in [0.717, 1.165) is 47.7 Å². The summed E-state index contributed by atoms with van der Waals surface area (Å²) in [6.45, 7) is 2.28. The Labute approximate surface area is 218 Å². The van der Waals surface area contributed by atoms with Crippen LogP contribution in [0, 0.1) is 5.92 Å². The molecule has 1 saturated heterocycles. The second kappa shape index (κ2) is 9.70. The van der Waals surface area contributed by atoms with Crippen LogP contribution in [0.25, 0.3) is 44.3 Å². The van der Waals surface area contributed by atoms with Crippen molar-refractivity contribution in [3.8, 4) is 22.5 Å². The highest BCUT2D eigenvalue weighted by molar-refractivity contribution is 6.00. The summed E-state index contributed by atoms with van der Waals surface area (Å²) in [5, 5.41) is 10.4. The molecule has 0 bridgehead atoms. The molecule has 5 aromatic rings. The number of H-pyrrole nitrogens is 2. The first-order chi connectivity index (χ1) is 18.3. The fraction of sp³-hybridized carbons (Fsp3) is 0.375. The number of fused-ring (bicyclic) bond motifs is 2. The molecule has 2 aliphatic rings. The number of benzene rings is 2. The predicted octanol–water partition coefficient (Wildman–Crippen LogP) is 7.89. The molecule has 5 nitrogen and oxygen atoms in total. The maximum absolute atomic E-state index is 4.75. The third kappa shape index (κ3) is 4.41. The van der Waals surface area contributed by atoms with Gasteiger partial charge in [0.1, 0.15) is 5.69 Å². The van der Waals surface area contributed by atoms with E-state index in [1.807, 2.05) is 6.20 Å². The number of aromatic nitrogens is 4. The van der Waals surface area contributed by atoms with E-state index in [1.54, 1.807) is 0 Å². The summed E-state index contributed by atoms with van der Waals surface area (Å²) < 4.78 is 0. The molecule has 188 valence electrons. The average Bonchev–Trinajstić information content (AvgIpc) is 3.58. The fourth-order valence-electron chi connectivity index (χ4n) is 6.56. The van der Waals surface area contributed by atoms with Gasteiger partial charge >= 0.3 is 0 Å². The number of rotatable bonds is 5. The van der Waals surface area contributed by atoms with Crippen molar-refractivity contribution in [1.29, 1.82) is 0 Å². The average molecular weight is 490 g/mol. The number of anilines is 1.